The molecule has 5 heteroatoms. The third kappa shape index (κ3) is 8.21. The van der Waals surface area contributed by atoms with Crippen LogP contribution < -0.4 is 0 Å². The summed E-state index contributed by atoms with van der Waals surface area (Å²) in [5.41, 5.74) is 0. The predicted octanol–water partition coefficient (Wildman–Crippen LogP) is 1.58. The van der Waals surface area contributed by atoms with Gasteiger partial charge in [0.15, 0.2) is 5.78 Å². The normalized spacial score (nSPS) is 12.5. The first kappa shape index (κ1) is 16.4. The van der Waals surface area contributed by atoms with Gasteiger partial charge in [0.05, 0.1) is 13.2 Å². The SMILES string of the molecule is CCOC(=O)CC(=O)CN(C)C(C)CCSC. The lowest BCUT2D eigenvalue weighted by atomic mass is 10.2. The maximum Gasteiger partial charge on any atom is 0.313 e. The van der Waals surface area contributed by atoms with Crippen LogP contribution in [0.15, 0.2) is 0 Å². The second kappa shape index (κ2) is 9.48. The lowest BCUT2D eigenvalue weighted by molar-refractivity contribution is -0.145. The second-order valence-electron chi connectivity index (χ2n) is 4.07. The first-order chi connectivity index (χ1) is 8.01. The molecule has 0 heterocycles. The fraction of sp³-hybridized carbons (Fsp3) is 0.833. The molecule has 0 bridgehead atoms. The van der Waals surface area contributed by atoms with Gasteiger partial charge in [0.25, 0.3) is 0 Å². The molecule has 0 amide bonds. The molecule has 4 nitrogen and oxygen atoms in total. The lowest BCUT2D eigenvalue weighted by Crippen LogP contribution is -2.35. The number of ketones is 1. The number of thioether (sulfide) groups is 1. The van der Waals surface area contributed by atoms with Gasteiger partial charge in [-0.1, -0.05) is 0 Å². The molecule has 0 aromatic carbocycles. The van der Waals surface area contributed by atoms with Crippen LogP contribution >= 0.6 is 11.8 Å². The topological polar surface area (TPSA) is 46.6 Å². The van der Waals surface area contributed by atoms with Crippen LogP contribution in [0.3, 0.4) is 0 Å². The molecular weight excluding hydrogens is 238 g/mol. The highest BCUT2D eigenvalue weighted by Crippen LogP contribution is 2.06. The molecule has 0 fully saturated rings. The smallest absolute Gasteiger partial charge is 0.313 e. The zero-order valence-electron chi connectivity index (χ0n) is 11.2. The highest BCUT2D eigenvalue weighted by atomic mass is 32.2. The van der Waals surface area contributed by atoms with Crippen LogP contribution in [0.2, 0.25) is 0 Å². The Morgan fingerprint density at radius 2 is 2.06 bits per heavy atom. The molecule has 0 aromatic rings. The van der Waals surface area contributed by atoms with Gasteiger partial charge >= 0.3 is 5.97 Å². The minimum atomic E-state index is -0.428. The summed E-state index contributed by atoms with van der Waals surface area (Å²) in [6, 6.07) is 0.355. The summed E-state index contributed by atoms with van der Waals surface area (Å²) in [6.07, 6.45) is 3.00. The second-order valence-corrected chi connectivity index (χ2v) is 5.05. The van der Waals surface area contributed by atoms with E-state index in [1.807, 2.05) is 11.9 Å². The van der Waals surface area contributed by atoms with Gasteiger partial charge in [0.1, 0.15) is 6.42 Å². The van der Waals surface area contributed by atoms with Gasteiger partial charge in [-0.15, -0.1) is 0 Å². The quantitative estimate of drug-likeness (QED) is 0.466. The number of hydrogen-bond donors (Lipinski definition) is 0. The highest BCUT2D eigenvalue weighted by Gasteiger charge is 2.15. The maximum absolute atomic E-state index is 11.6. The maximum atomic E-state index is 11.6. The Morgan fingerprint density at radius 1 is 1.41 bits per heavy atom. The number of carbonyl (C=O) groups is 2. The number of likely N-dealkylation sites (N-methyl/N-ethyl adjacent to an activating group) is 1. The zero-order valence-corrected chi connectivity index (χ0v) is 12.0. The Morgan fingerprint density at radius 3 is 2.59 bits per heavy atom. The van der Waals surface area contributed by atoms with E-state index in [4.69, 9.17) is 4.74 Å². The van der Waals surface area contributed by atoms with Crippen LogP contribution in [0, 0.1) is 0 Å². The van der Waals surface area contributed by atoms with Gasteiger partial charge in [-0.05, 0) is 39.3 Å². The van der Waals surface area contributed by atoms with Crippen LogP contribution in [0.25, 0.3) is 0 Å². The Labute approximate surface area is 108 Å². The standard InChI is InChI=1S/C12H23NO3S/c1-5-16-12(15)8-11(14)9-13(3)10(2)6-7-17-4/h10H,5-9H2,1-4H3. The molecule has 1 atom stereocenters. The summed E-state index contributed by atoms with van der Waals surface area (Å²) in [5, 5.41) is 0. The predicted molar refractivity (Wildman–Crippen MR) is 71.3 cm³/mol. The number of nitrogens with zero attached hydrogens (tertiary/aromatic N) is 1. The van der Waals surface area contributed by atoms with Crippen molar-refractivity contribution in [2.75, 3.05) is 32.2 Å². The van der Waals surface area contributed by atoms with Gasteiger partial charge in [0, 0.05) is 6.04 Å². The van der Waals surface area contributed by atoms with Crippen molar-refractivity contribution >= 4 is 23.5 Å². The molecule has 1 unspecified atom stereocenters. The summed E-state index contributed by atoms with van der Waals surface area (Å²) in [4.78, 5) is 24.7. The minimum Gasteiger partial charge on any atom is -0.466 e. The molecule has 0 radical (unpaired) electrons. The van der Waals surface area contributed by atoms with E-state index in [9.17, 15) is 9.59 Å². The van der Waals surface area contributed by atoms with Crippen LogP contribution in [0.1, 0.15) is 26.7 Å². The van der Waals surface area contributed by atoms with Gasteiger partial charge in [0.2, 0.25) is 0 Å². The summed E-state index contributed by atoms with van der Waals surface area (Å²) >= 11 is 1.80. The van der Waals surface area contributed by atoms with Crippen molar-refractivity contribution in [2.24, 2.45) is 0 Å². The Kier molecular flexibility index (Phi) is 9.17. The van der Waals surface area contributed by atoms with E-state index in [0.29, 0.717) is 19.2 Å². The zero-order chi connectivity index (χ0) is 13.3. The molecular formula is C12H23NO3S. The largest absolute Gasteiger partial charge is 0.466 e. The molecule has 0 aliphatic carbocycles. The van der Waals surface area contributed by atoms with E-state index < -0.39 is 5.97 Å². The number of carbonyl (C=O) groups excluding carboxylic acids is 2. The average Bonchev–Trinajstić information content (AvgIpc) is 2.25. The van der Waals surface area contributed by atoms with Gasteiger partial charge in [-0.2, -0.15) is 11.8 Å². The van der Waals surface area contributed by atoms with E-state index in [2.05, 4.69) is 13.2 Å². The van der Waals surface area contributed by atoms with E-state index in [-0.39, 0.29) is 12.2 Å². The van der Waals surface area contributed by atoms with Crippen molar-refractivity contribution in [3.63, 3.8) is 0 Å². The monoisotopic (exact) mass is 261 g/mol. The Bertz CT molecular complexity index is 246. The van der Waals surface area contributed by atoms with Crippen LogP contribution in [0.5, 0.6) is 0 Å². The summed E-state index contributed by atoms with van der Waals surface area (Å²) in [5.74, 6) is 0.571. The van der Waals surface area contributed by atoms with Gasteiger partial charge in [-0.25, -0.2) is 0 Å². The van der Waals surface area contributed by atoms with Crippen LogP contribution in [0.4, 0.5) is 0 Å². The third-order valence-corrected chi connectivity index (χ3v) is 3.21. The molecule has 0 saturated carbocycles. The third-order valence-electron chi connectivity index (χ3n) is 2.56. The molecule has 0 aliphatic rings. The molecule has 0 N–H and O–H groups in total. The van der Waals surface area contributed by atoms with E-state index in [0.717, 1.165) is 12.2 Å². The van der Waals surface area contributed by atoms with Crippen molar-refractivity contribution in [3.05, 3.63) is 0 Å². The first-order valence-corrected chi connectivity index (χ1v) is 7.27. The molecule has 17 heavy (non-hydrogen) atoms. The number of hydrogen-bond acceptors (Lipinski definition) is 5. The molecule has 0 rings (SSSR count). The van der Waals surface area contributed by atoms with Gasteiger partial charge < -0.3 is 4.74 Å². The van der Waals surface area contributed by atoms with Crippen molar-refractivity contribution < 1.29 is 14.3 Å². The van der Waals surface area contributed by atoms with Crippen LogP contribution in [-0.2, 0) is 14.3 Å². The van der Waals surface area contributed by atoms with Crippen molar-refractivity contribution in [1.82, 2.24) is 4.90 Å². The van der Waals surface area contributed by atoms with Crippen LogP contribution in [-0.4, -0.2) is 54.9 Å². The van der Waals surface area contributed by atoms with E-state index in [1.165, 1.54) is 0 Å². The number of ether oxygens (including phenoxy) is 1. The molecule has 0 aliphatic heterocycles. The lowest BCUT2D eigenvalue weighted by Gasteiger charge is -2.23. The molecule has 0 aromatic heterocycles. The summed E-state index contributed by atoms with van der Waals surface area (Å²) < 4.78 is 4.74. The van der Waals surface area contributed by atoms with Gasteiger partial charge in [-0.3, -0.25) is 14.5 Å². The molecule has 0 saturated heterocycles. The molecule has 100 valence electrons. The van der Waals surface area contributed by atoms with Crippen molar-refractivity contribution in [3.8, 4) is 0 Å². The molecule has 0 spiro atoms. The number of esters is 1. The number of rotatable bonds is 9. The Hall–Kier alpha value is -0.550. The summed E-state index contributed by atoms with van der Waals surface area (Å²) in [7, 11) is 1.91. The van der Waals surface area contributed by atoms with Crippen molar-refractivity contribution in [1.29, 1.82) is 0 Å². The average molecular weight is 261 g/mol. The van der Waals surface area contributed by atoms with E-state index in [1.54, 1.807) is 18.7 Å². The fourth-order valence-corrected chi connectivity index (χ4v) is 1.95. The highest BCUT2D eigenvalue weighted by molar-refractivity contribution is 7.98. The summed E-state index contributed by atoms with van der Waals surface area (Å²) in [6.45, 7) is 4.47. The fourth-order valence-electron chi connectivity index (χ4n) is 1.37. The van der Waals surface area contributed by atoms with Crippen molar-refractivity contribution in [2.45, 2.75) is 32.7 Å². The Balaban J connectivity index is 3.89. The first-order valence-electron chi connectivity index (χ1n) is 5.87. The van der Waals surface area contributed by atoms with E-state index >= 15 is 0 Å². The number of Topliss-reactive ketones (excluding diaryl/α,β-unsaturated/α-hetero) is 1. The minimum absolute atomic E-state index is 0.0815.